The molecule has 0 spiro atoms. The molecule has 1 saturated carbocycles. The summed E-state index contributed by atoms with van der Waals surface area (Å²) in [4.78, 5) is 43.2. The first kappa shape index (κ1) is 16.2. The predicted octanol–water partition coefficient (Wildman–Crippen LogP) is 1.89. The summed E-state index contributed by atoms with van der Waals surface area (Å²) in [5.41, 5.74) is 0.929. The molecule has 1 N–H and O–H groups in total. The number of fused-ring (bicyclic) bond motifs is 2. The molecule has 8 nitrogen and oxygen atoms in total. The quantitative estimate of drug-likeness (QED) is 0.820. The minimum absolute atomic E-state index is 0.0672. The van der Waals surface area contributed by atoms with Crippen LogP contribution in [0.15, 0.2) is 30.3 Å². The van der Waals surface area contributed by atoms with Crippen molar-refractivity contribution in [2.75, 3.05) is 10.2 Å². The number of amides is 3. The zero-order valence-electron chi connectivity index (χ0n) is 14.7. The molecular weight excluding hydrogens is 346 g/mol. The number of carbonyl (C=O) groups excluding carboxylic acids is 3. The van der Waals surface area contributed by atoms with Gasteiger partial charge in [0.05, 0.1) is 24.3 Å². The Morgan fingerprint density at radius 1 is 0.963 bits per heavy atom. The van der Waals surface area contributed by atoms with Crippen molar-refractivity contribution in [3.63, 3.8) is 0 Å². The second-order valence-electron chi connectivity index (χ2n) is 7.37. The van der Waals surface area contributed by atoms with Crippen molar-refractivity contribution in [1.29, 1.82) is 0 Å². The minimum Gasteiger partial charge on any atom is -0.295 e. The zero-order valence-corrected chi connectivity index (χ0v) is 14.7. The van der Waals surface area contributed by atoms with Gasteiger partial charge in [-0.2, -0.15) is 4.98 Å². The van der Waals surface area contributed by atoms with E-state index in [0.29, 0.717) is 0 Å². The summed E-state index contributed by atoms with van der Waals surface area (Å²) in [7, 11) is 0. The van der Waals surface area contributed by atoms with Crippen molar-refractivity contribution in [1.82, 2.24) is 14.8 Å². The van der Waals surface area contributed by atoms with Gasteiger partial charge in [-0.15, -0.1) is 5.10 Å². The lowest BCUT2D eigenvalue weighted by molar-refractivity contribution is -0.122. The lowest BCUT2D eigenvalue weighted by atomic mass is 9.81. The average Bonchev–Trinajstić information content (AvgIpc) is 3.21. The number of hydrogen-bond acceptors (Lipinski definition) is 5. The number of rotatable bonds is 2. The highest BCUT2D eigenvalue weighted by molar-refractivity contribution is 6.21. The number of hydrogen-bond donors (Lipinski definition) is 1. The smallest absolute Gasteiger partial charge is 0.260 e. The third kappa shape index (κ3) is 2.47. The molecule has 1 aromatic heterocycles. The molecule has 3 heterocycles. The third-order valence-corrected chi connectivity index (χ3v) is 5.77. The van der Waals surface area contributed by atoms with Gasteiger partial charge in [-0.1, -0.05) is 43.2 Å². The van der Waals surface area contributed by atoms with E-state index in [0.717, 1.165) is 36.1 Å². The van der Waals surface area contributed by atoms with E-state index in [9.17, 15) is 14.4 Å². The van der Waals surface area contributed by atoms with Gasteiger partial charge >= 0.3 is 0 Å². The highest BCUT2D eigenvalue weighted by Gasteiger charge is 2.50. The fourth-order valence-electron chi connectivity index (χ4n) is 4.44. The maximum Gasteiger partial charge on any atom is 0.260 e. The molecule has 2 aliphatic heterocycles. The number of nitrogens with zero attached hydrogens (tertiary/aromatic N) is 4. The Morgan fingerprint density at radius 3 is 2.30 bits per heavy atom. The number of nitrogens with one attached hydrogen (secondary N) is 1. The predicted molar refractivity (Wildman–Crippen MR) is 95.8 cm³/mol. The lowest BCUT2D eigenvalue weighted by Gasteiger charge is -2.23. The van der Waals surface area contributed by atoms with Crippen LogP contribution >= 0.6 is 0 Å². The Morgan fingerprint density at radius 2 is 1.63 bits per heavy atom. The van der Waals surface area contributed by atoms with E-state index in [1.807, 2.05) is 30.3 Å². The van der Waals surface area contributed by atoms with Crippen LogP contribution in [-0.2, 0) is 14.4 Å². The summed E-state index contributed by atoms with van der Waals surface area (Å²) in [6.07, 6.45) is 3.64. The summed E-state index contributed by atoms with van der Waals surface area (Å²) in [6.45, 7) is 0. The van der Waals surface area contributed by atoms with Crippen molar-refractivity contribution in [2.24, 2.45) is 11.8 Å². The summed E-state index contributed by atoms with van der Waals surface area (Å²) in [6, 6.07) is 9.24. The van der Waals surface area contributed by atoms with Crippen LogP contribution in [0.25, 0.3) is 0 Å². The molecule has 138 valence electrons. The van der Waals surface area contributed by atoms with Gasteiger partial charge in [-0.05, 0) is 18.4 Å². The number of imide groups is 1. The van der Waals surface area contributed by atoms with Crippen LogP contribution in [-0.4, -0.2) is 32.5 Å². The van der Waals surface area contributed by atoms with Crippen LogP contribution in [0.5, 0.6) is 0 Å². The molecule has 0 radical (unpaired) electrons. The summed E-state index contributed by atoms with van der Waals surface area (Å²) in [5.74, 6) is -0.769. The van der Waals surface area contributed by atoms with E-state index in [2.05, 4.69) is 15.4 Å². The van der Waals surface area contributed by atoms with E-state index in [-0.39, 0.29) is 53.9 Å². The largest absolute Gasteiger partial charge is 0.295 e. The zero-order chi connectivity index (χ0) is 18.5. The highest BCUT2D eigenvalue weighted by Crippen LogP contribution is 2.40. The summed E-state index contributed by atoms with van der Waals surface area (Å²) < 4.78 is 1.61. The Balaban J connectivity index is 1.54. The molecule has 27 heavy (non-hydrogen) atoms. The van der Waals surface area contributed by atoms with Gasteiger partial charge in [0.2, 0.25) is 23.7 Å². The standard InChI is InChI=1S/C19H19N5O3/c25-15-10-14(11-6-2-1-3-7-11)24-18(20-15)21-19(22-24)23-16(26)12-8-4-5-9-13(12)17(23)27/h1-3,6-7,12-14H,4-5,8-10H2,(H,20,21,22,25)/t12-,13+,14-/m0/s1. The first-order valence-electron chi connectivity index (χ1n) is 9.32. The average molecular weight is 365 g/mol. The van der Waals surface area contributed by atoms with Gasteiger partial charge in [-0.25, -0.2) is 9.58 Å². The minimum atomic E-state index is -0.314. The van der Waals surface area contributed by atoms with Gasteiger partial charge in [-0.3, -0.25) is 19.7 Å². The Labute approximate surface area is 155 Å². The van der Waals surface area contributed by atoms with Crippen molar-refractivity contribution >= 4 is 29.6 Å². The fraction of sp³-hybridized carbons (Fsp3) is 0.421. The van der Waals surface area contributed by atoms with Crippen LogP contribution in [0, 0.1) is 11.8 Å². The molecule has 3 amide bonds. The first-order valence-corrected chi connectivity index (χ1v) is 9.32. The topological polar surface area (TPSA) is 97.2 Å². The van der Waals surface area contributed by atoms with Gasteiger partial charge in [0.15, 0.2) is 0 Å². The van der Waals surface area contributed by atoms with Gasteiger partial charge < -0.3 is 0 Å². The van der Waals surface area contributed by atoms with Crippen LogP contribution in [0.2, 0.25) is 0 Å². The van der Waals surface area contributed by atoms with Crippen molar-refractivity contribution < 1.29 is 14.4 Å². The normalized spacial score (nSPS) is 27.3. The molecule has 3 aliphatic rings. The van der Waals surface area contributed by atoms with Crippen molar-refractivity contribution in [3.05, 3.63) is 35.9 Å². The van der Waals surface area contributed by atoms with Crippen LogP contribution in [0.4, 0.5) is 11.9 Å². The number of carbonyl (C=O) groups is 3. The maximum absolute atomic E-state index is 12.8. The number of aromatic nitrogens is 3. The lowest BCUT2D eigenvalue weighted by Crippen LogP contribution is -2.32. The third-order valence-electron chi connectivity index (χ3n) is 5.77. The van der Waals surface area contributed by atoms with Crippen LogP contribution < -0.4 is 10.2 Å². The fourth-order valence-corrected chi connectivity index (χ4v) is 4.44. The van der Waals surface area contributed by atoms with E-state index in [4.69, 9.17) is 0 Å². The second kappa shape index (κ2) is 6.00. The van der Waals surface area contributed by atoms with E-state index >= 15 is 0 Å². The SMILES string of the molecule is O=C1C[C@@H](c2ccccc2)n2nc(N3C(=O)[C@H]4CCCC[C@H]4C3=O)nc2N1. The maximum atomic E-state index is 12.8. The molecule has 1 aliphatic carbocycles. The molecular formula is C19H19N5O3. The number of benzene rings is 1. The molecule has 0 bridgehead atoms. The summed E-state index contributed by atoms with van der Waals surface area (Å²) in [5, 5.41) is 7.16. The first-order chi connectivity index (χ1) is 13.1. The Bertz CT molecular complexity index is 914. The van der Waals surface area contributed by atoms with Gasteiger partial charge in [0.25, 0.3) is 5.95 Å². The molecule has 5 rings (SSSR count). The van der Waals surface area contributed by atoms with Crippen molar-refractivity contribution in [2.45, 2.75) is 38.1 Å². The van der Waals surface area contributed by atoms with E-state index < -0.39 is 0 Å². The molecule has 2 fully saturated rings. The highest BCUT2D eigenvalue weighted by atomic mass is 16.2. The summed E-state index contributed by atoms with van der Waals surface area (Å²) >= 11 is 0. The molecule has 0 unspecified atom stereocenters. The van der Waals surface area contributed by atoms with Crippen LogP contribution in [0.1, 0.15) is 43.7 Å². The molecule has 8 heteroatoms. The Kier molecular flexibility index (Phi) is 3.60. The second-order valence-corrected chi connectivity index (χ2v) is 7.37. The van der Waals surface area contributed by atoms with Gasteiger partial charge in [0.1, 0.15) is 0 Å². The van der Waals surface area contributed by atoms with Gasteiger partial charge in [0, 0.05) is 0 Å². The monoisotopic (exact) mass is 365 g/mol. The Hall–Kier alpha value is -3.03. The van der Waals surface area contributed by atoms with Crippen molar-refractivity contribution in [3.8, 4) is 0 Å². The molecule has 2 aromatic rings. The molecule has 1 aromatic carbocycles. The molecule has 3 atom stereocenters. The number of anilines is 2. The van der Waals surface area contributed by atoms with E-state index in [1.54, 1.807) is 4.68 Å². The van der Waals surface area contributed by atoms with E-state index in [1.165, 1.54) is 0 Å². The van der Waals surface area contributed by atoms with Crippen LogP contribution in [0.3, 0.4) is 0 Å². The molecule has 1 saturated heterocycles.